The lowest BCUT2D eigenvalue weighted by atomic mass is 9.93. The Morgan fingerprint density at radius 3 is 2.95 bits per heavy atom. The molecule has 1 aliphatic rings. The Labute approximate surface area is 124 Å². The minimum atomic E-state index is -0.772. The molecule has 1 unspecified atom stereocenters. The average Bonchev–Trinajstić information content (AvgIpc) is 2.52. The van der Waals surface area contributed by atoms with Crippen LogP contribution < -0.4 is 4.74 Å². The van der Waals surface area contributed by atoms with Crippen LogP contribution in [0.25, 0.3) is 0 Å². The van der Waals surface area contributed by atoms with E-state index in [1.807, 2.05) is 11.0 Å². The second-order valence-corrected chi connectivity index (χ2v) is 5.42. The molecular formula is C16H21NO4. The summed E-state index contributed by atoms with van der Waals surface area (Å²) in [4.78, 5) is 25.0. The number of carbonyl (C=O) groups excluding carboxylic acids is 1. The molecule has 1 saturated heterocycles. The third kappa shape index (κ3) is 4.21. The van der Waals surface area contributed by atoms with Crippen LogP contribution >= 0.6 is 0 Å². The van der Waals surface area contributed by atoms with Gasteiger partial charge in [-0.1, -0.05) is 6.07 Å². The second-order valence-electron chi connectivity index (χ2n) is 5.42. The van der Waals surface area contributed by atoms with Crippen molar-refractivity contribution in [1.82, 2.24) is 4.90 Å². The molecule has 0 saturated carbocycles. The molecule has 1 amide bonds. The van der Waals surface area contributed by atoms with Crippen molar-refractivity contribution >= 4 is 11.9 Å². The quantitative estimate of drug-likeness (QED) is 0.904. The minimum Gasteiger partial charge on any atom is -0.497 e. The molecule has 0 aliphatic carbocycles. The maximum atomic E-state index is 12.5. The molecule has 0 aromatic heterocycles. The Balaban J connectivity index is 1.99. The molecule has 1 fully saturated rings. The van der Waals surface area contributed by atoms with Gasteiger partial charge in [-0.2, -0.15) is 0 Å². The van der Waals surface area contributed by atoms with Crippen LogP contribution in [-0.4, -0.2) is 42.1 Å². The number of aliphatic carboxylic acids is 1. The van der Waals surface area contributed by atoms with Gasteiger partial charge >= 0.3 is 5.97 Å². The Morgan fingerprint density at radius 1 is 1.43 bits per heavy atom. The van der Waals surface area contributed by atoms with Gasteiger partial charge in [0.2, 0.25) is 0 Å². The van der Waals surface area contributed by atoms with E-state index in [4.69, 9.17) is 9.84 Å². The van der Waals surface area contributed by atoms with Crippen molar-refractivity contribution in [3.8, 4) is 5.75 Å². The number of carboxylic acid groups (broad SMARTS) is 1. The second kappa shape index (κ2) is 7.11. The van der Waals surface area contributed by atoms with E-state index in [1.54, 1.807) is 25.3 Å². The van der Waals surface area contributed by atoms with Crippen molar-refractivity contribution in [3.63, 3.8) is 0 Å². The van der Waals surface area contributed by atoms with Gasteiger partial charge in [-0.25, -0.2) is 0 Å². The van der Waals surface area contributed by atoms with E-state index in [2.05, 4.69) is 0 Å². The molecule has 21 heavy (non-hydrogen) atoms. The fraction of sp³-hybridized carbons (Fsp3) is 0.500. The third-order valence-electron chi connectivity index (χ3n) is 3.89. The molecule has 2 rings (SSSR count). The van der Waals surface area contributed by atoms with Gasteiger partial charge in [0.1, 0.15) is 5.75 Å². The van der Waals surface area contributed by atoms with E-state index in [-0.39, 0.29) is 18.2 Å². The van der Waals surface area contributed by atoms with E-state index in [0.29, 0.717) is 24.3 Å². The first kappa shape index (κ1) is 15.4. The first-order valence-corrected chi connectivity index (χ1v) is 7.25. The number of carboxylic acids is 1. The zero-order chi connectivity index (χ0) is 15.2. The lowest BCUT2D eigenvalue weighted by molar-refractivity contribution is -0.137. The van der Waals surface area contributed by atoms with Gasteiger partial charge in [-0.05, 0) is 43.4 Å². The zero-order valence-corrected chi connectivity index (χ0v) is 12.2. The minimum absolute atomic E-state index is 0.00562. The normalized spacial score (nSPS) is 18.3. The maximum absolute atomic E-state index is 12.5. The largest absolute Gasteiger partial charge is 0.497 e. The van der Waals surface area contributed by atoms with Crippen LogP contribution in [-0.2, 0) is 4.79 Å². The molecule has 1 aliphatic heterocycles. The molecule has 0 spiro atoms. The summed E-state index contributed by atoms with van der Waals surface area (Å²) in [5.41, 5.74) is 0.619. The smallest absolute Gasteiger partial charge is 0.303 e. The zero-order valence-electron chi connectivity index (χ0n) is 12.2. The van der Waals surface area contributed by atoms with Crippen molar-refractivity contribution in [2.24, 2.45) is 5.92 Å². The summed E-state index contributed by atoms with van der Waals surface area (Å²) in [7, 11) is 1.58. The van der Waals surface area contributed by atoms with E-state index >= 15 is 0 Å². The van der Waals surface area contributed by atoms with Gasteiger partial charge in [0, 0.05) is 25.1 Å². The van der Waals surface area contributed by atoms with E-state index in [1.165, 1.54) is 0 Å². The lowest BCUT2D eigenvalue weighted by Crippen LogP contribution is -2.40. The van der Waals surface area contributed by atoms with Crippen LogP contribution in [0, 0.1) is 5.92 Å². The first-order chi connectivity index (χ1) is 10.1. The van der Waals surface area contributed by atoms with Crippen LogP contribution in [0.1, 0.15) is 36.0 Å². The maximum Gasteiger partial charge on any atom is 0.303 e. The molecule has 1 N–H and O–H groups in total. The van der Waals surface area contributed by atoms with Gasteiger partial charge in [0.25, 0.3) is 5.91 Å². The SMILES string of the molecule is COc1cccc(C(=O)N2CCCC(CCC(=O)O)C2)c1. The summed E-state index contributed by atoms with van der Waals surface area (Å²) in [6, 6.07) is 7.13. The van der Waals surface area contributed by atoms with Crippen molar-refractivity contribution < 1.29 is 19.4 Å². The molecule has 1 aromatic rings. The van der Waals surface area contributed by atoms with Gasteiger partial charge in [-0.3, -0.25) is 9.59 Å². The summed E-state index contributed by atoms with van der Waals surface area (Å²) in [5.74, 6) is 0.171. The number of hydrogen-bond acceptors (Lipinski definition) is 3. The highest BCUT2D eigenvalue weighted by Gasteiger charge is 2.24. The third-order valence-corrected chi connectivity index (χ3v) is 3.89. The van der Waals surface area contributed by atoms with E-state index in [9.17, 15) is 9.59 Å². The van der Waals surface area contributed by atoms with Crippen molar-refractivity contribution in [3.05, 3.63) is 29.8 Å². The van der Waals surface area contributed by atoms with Crippen LogP contribution in [0.3, 0.4) is 0 Å². The number of amides is 1. The van der Waals surface area contributed by atoms with Gasteiger partial charge in [0.05, 0.1) is 7.11 Å². The molecule has 1 aromatic carbocycles. The number of likely N-dealkylation sites (tertiary alicyclic amines) is 1. The van der Waals surface area contributed by atoms with E-state index < -0.39 is 5.97 Å². The number of rotatable bonds is 5. The molecule has 0 radical (unpaired) electrons. The summed E-state index contributed by atoms with van der Waals surface area (Å²) < 4.78 is 5.14. The molecule has 5 heteroatoms. The van der Waals surface area contributed by atoms with E-state index in [0.717, 1.165) is 19.4 Å². The number of benzene rings is 1. The van der Waals surface area contributed by atoms with Crippen molar-refractivity contribution in [2.75, 3.05) is 20.2 Å². The Bertz CT molecular complexity index is 515. The summed E-state index contributed by atoms with van der Waals surface area (Å²) in [5, 5.41) is 8.76. The predicted octanol–water partition coefficient (Wildman–Crippen LogP) is 2.41. The van der Waals surface area contributed by atoms with Gasteiger partial charge in [0.15, 0.2) is 0 Å². The average molecular weight is 291 g/mol. The topological polar surface area (TPSA) is 66.8 Å². The molecule has 0 bridgehead atoms. The number of nitrogens with zero attached hydrogens (tertiary/aromatic N) is 1. The monoisotopic (exact) mass is 291 g/mol. The first-order valence-electron chi connectivity index (χ1n) is 7.25. The highest BCUT2D eigenvalue weighted by atomic mass is 16.5. The van der Waals surface area contributed by atoms with Gasteiger partial charge in [-0.15, -0.1) is 0 Å². The number of methoxy groups -OCH3 is 1. The fourth-order valence-corrected chi connectivity index (χ4v) is 2.75. The number of hydrogen-bond donors (Lipinski definition) is 1. The molecule has 1 heterocycles. The van der Waals surface area contributed by atoms with Crippen LogP contribution in [0.2, 0.25) is 0 Å². The molecular weight excluding hydrogens is 270 g/mol. The number of carbonyl (C=O) groups is 2. The Morgan fingerprint density at radius 2 is 2.24 bits per heavy atom. The molecule has 5 nitrogen and oxygen atoms in total. The predicted molar refractivity (Wildman–Crippen MR) is 78.5 cm³/mol. The van der Waals surface area contributed by atoms with Crippen LogP contribution in [0.4, 0.5) is 0 Å². The number of piperidine rings is 1. The molecule has 1 atom stereocenters. The summed E-state index contributed by atoms with van der Waals surface area (Å²) in [6.07, 6.45) is 2.73. The van der Waals surface area contributed by atoms with Crippen molar-refractivity contribution in [2.45, 2.75) is 25.7 Å². The van der Waals surface area contributed by atoms with Crippen LogP contribution in [0.15, 0.2) is 24.3 Å². The fourth-order valence-electron chi connectivity index (χ4n) is 2.75. The standard InChI is InChI=1S/C16H21NO4/c1-21-14-6-2-5-13(10-14)16(20)17-9-3-4-12(11-17)7-8-15(18)19/h2,5-6,10,12H,3-4,7-9,11H2,1H3,(H,18,19). The Hall–Kier alpha value is -2.04. The highest BCUT2D eigenvalue weighted by Crippen LogP contribution is 2.23. The lowest BCUT2D eigenvalue weighted by Gasteiger charge is -2.32. The Kier molecular flexibility index (Phi) is 5.20. The molecule has 114 valence electrons. The number of ether oxygens (including phenoxy) is 1. The highest BCUT2D eigenvalue weighted by molar-refractivity contribution is 5.94. The van der Waals surface area contributed by atoms with Crippen molar-refractivity contribution in [1.29, 1.82) is 0 Å². The van der Waals surface area contributed by atoms with Gasteiger partial charge < -0.3 is 14.7 Å². The van der Waals surface area contributed by atoms with Crippen LogP contribution in [0.5, 0.6) is 5.75 Å². The summed E-state index contributed by atoms with van der Waals surface area (Å²) in [6.45, 7) is 1.38. The summed E-state index contributed by atoms with van der Waals surface area (Å²) >= 11 is 0.